The summed E-state index contributed by atoms with van der Waals surface area (Å²) in [5.74, 6) is -0.209. The van der Waals surface area contributed by atoms with Gasteiger partial charge in [0.25, 0.3) is 0 Å². The van der Waals surface area contributed by atoms with Gasteiger partial charge < -0.3 is 4.74 Å². The van der Waals surface area contributed by atoms with E-state index in [0.29, 0.717) is 22.5 Å². The number of aromatic nitrogens is 1. The normalized spacial score (nSPS) is 10.6. The first-order chi connectivity index (χ1) is 7.22. The minimum atomic E-state index is -0.417. The molecule has 1 aromatic carbocycles. The van der Waals surface area contributed by atoms with Crippen molar-refractivity contribution in [2.45, 2.75) is 6.92 Å². The van der Waals surface area contributed by atoms with Crippen LogP contribution in [0.1, 0.15) is 6.92 Å². The van der Waals surface area contributed by atoms with Crippen LogP contribution in [-0.4, -0.2) is 11.6 Å². The van der Waals surface area contributed by atoms with Crippen LogP contribution in [0.15, 0.2) is 24.4 Å². The van der Waals surface area contributed by atoms with Gasteiger partial charge in [-0.25, -0.2) is 4.39 Å². The SMILES string of the molecule is CCOc1cc2c(Cl)ccnc2cc1F. The lowest BCUT2D eigenvalue weighted by molar-refractivity contribution is 0.322. The Balaban J connectivity index is 2.66. The Morgan fingerprint density at radius 3 is 3.00 bits per heavy atom. The number of benzene rings is 1. The quantitative estimate of drug-likeness (QED) is 0.781. The van der Waals surface area contributed by atoms with Crippen molar-refractivity contribution in [1.29, 1.82) is 0 Å². The average Bonchev–Trinajstić information content (AvgIpc) is 2.21. The molecule has 0 saturated heterocycles. The van der Waals surface area contributed by atoms with E-state index in [1.54, 1.807) is 25.3 Å². The van der Waals surface area contributed by atoms with Gasteiger partial charge in [0, 0.05) is 17.6 Å². The molecule has 0 radical (unpaired) electrons. The molecule has 0 aliphatic carbocycles. The molecule has 2 nitrogen and oxygen atoms in total. The van der Waals surface area contributed by atoms with Crippen LogP contribution >= 0.6 is 11.6 Å². The van der Waals surface area contributed by atoms with E-state index in [9.17, 15) is 4.39 Å². The van der Waals surface area contributed by atoms with Crippen LogP contribution in [0.2, 0.25) is 5.02 Å². The van der Waals surface area contributed by atoms with Crippen molar-refractivity contribution in [2.24, 2.45) is 0 Å². The van der Waals surface area contributed by atoms with Gasteiger partial charge in [-0.15, -0.1) is 0 Å². The Hall–Kier alpha value is -1.35. The molecule has 0 atom stereocenters. The van der Waals surface area contributed by atoms with Gasteiger partial charge in [0.1, 0.15) is 0 Å². The van der Waals surface area contributed by atoms with Crippen molar-refractivity contribution in [3.8, 4) is 5.75 Å². The Kier molecular flexibility index (Phi) is 2.73. The van der Waals surface area contributed by atoms with E-state index < -0.39 is 5.82 Å². The molecule has 4 heteroatoms. The van der Waals surface area contributed by atoms with E-state index in [1.165, 1.54) is 6.07 Å². The number of ether oxygens (including phenoxy) is 1. The molecule has 2 aromatic rings. The summed E-state index contributed by atoms with van der Waals surface area (Å²) >= 11 is 5.96. The third-order valence-electron chi connectivity index (χ3n) is 2.04. The van der Waals surface area contributed by atoms with Gasteiger partial charge in [-0.05, 0) is 19.1 Å². The second-order valence-electron chi connectivity index (χ2n) is 3.03. The molecule has 0 fully saturated rings. The number of pyridine rings is 1. The number of hydrogen-bond donors (Lipinski definition) is 0. The monoisotopic (exact) mass is 225 g/mol. The summed E-state index contributed by atoms with van der Waals surface area (Å²) in [6.07, 6.45) is 1.55. The summed E-state index contributed by atoms with van der Waals surface area (Å²) < 4.78 is 18.6. The van der Waals surface area contributed by atoms with Crippen molar-refractivity contribution in [2.75, 3.05) is 6.61 Å². The molecule has 0 spiro atoms. The highest BCUT2D eigenvalue weighted by atomic mass is 35.5. The smallest absolute Gasteiger partial charge is 0.167 e. The van der Waals surface area contributed by atoms with Gasteiger partial charge in [0.2, 0.25) is 0 Å². The van der Waals surface area contributed by atoms with E-state index in [1.807, 2.05) is 0 Å². The Bertz CT molecular complexity index is 501. The van der Waals surface area contributed by atoms with E-state index in [0.717, 1.165) is 0 Å². The van der Waals surface area contributed by atoms with Gasteiger partial charge >= 0.3 is 0 Å². The highest BCUT2D eigenvalue weighted by molar-refractivity contribution is 6.35. The van der Waals surface area contributed by atoms with E-state index >= 15 is 0 Å². The number of hydrogen-bond acceptors (Lipinski definition) is 2. The zero-order valence-corrected chi connectivity index (χ0v) is 8.88. The lowest BCUT2D eigenvalue weighted by Crippen LogP contribution is -1.95. The molecular formula is C11H9ClFNO. The lowest BCUT2D eigenvalue weighted by Gasteiger charge is -2.06. The molecule has 15 heavy (non-hydrogen) atoms. The predicted octanol–water partition coefficient (Wildman–Crippen LogP) is 3.43. The van der Waals surface area contributed by atoms with Crippen molar-refractivity contribution in [3.63, 3.8) is 0 Å². The molecule has 0 aliphatic heterocycles. The van der Waals surface area contributed by atoms with Crippen molar-refractivity contribution < 1.29 is 9.13 Å². The van der Waals surface area contributed by atoms with E-state index in [-0.39, 0.29) is 5.75 Å². The van der Waals surface area contributed by atoms with Crippen LogP contribution in [0.3, 0.4) is 0 Å². The molecule has 0 N–H and O–H groups in total. The summed E-state index contributed by atoms with van der Waals surface area (Å²) in [6, 6.07) is 4.56. The first-order valence-corrected chi connectivity index (χ1v) is 4.96. The molecule has 0 unspecified atom stereocenters. The molecule has 0 aliphatic rings. The number of rotatable bonds is 2. The third kappa shape index (κ3) is 1.88. The molecule has 1 heterocycles. The third-order valence-corrected chi connectivity index (χ3v) is 2.37. The molecular weight excluding hydrogens is 217 g/mol. The van der Waals surface area contributed by atoms with Crippen LogP contribution in [0.4, 0.5) is 4.39 Å². The van der Waals surface area contributed by atoms with Crippen molar-refractivity contribution >= 4 is 22.5 Å². The first kappa shape index (κ1) is 10.2. The van der Waals surface area contributed by atoms with E-state index in [2.05, 4.69) is 4.98 Å². The maximum Gasteiger partial charge on any atom is 0.167 e. The minimum absolute atomic E-state index is 0.208. The van der Waals surface area contributed by atoms with Gasteiger partial charge in [-0.2, -0.15) is 0 Å². The number of halogens is 2. The zero-order chi connectivity index (χ0) is 10.8. The summed E-state index contributed by atoms with van der Waals surface area (Å²) in [5.41, 5.74) is 0.531. The highest BCUT2D eigenvalue weighted by Gasteiger charge is 2.08. The van der Waals surface area contributed by atoms with E-state index in [4.69, 9.17) is 16.3 Å². The van der Waals surface area contributed by atoms with Crippen molar-refractivity contribution in [1.82, 2.24) is 4.98 Å². The lowest BCUT2D eigenvalue weighted by atomic mass is 10.2. The molecule has 0 amide bonds. The maximum absolute atomic E-state index is 13.4. The fourth-order valence-electron chi connectivity index (χ4n) is 1.38. The fraction of sp³-hybridized carbons (Fsp3) is 0.182. The van der Waals surface area contributed by atoms with Crippen molar-refractivity contribution in [3.05, 3.63) is 35.2 Å². The largest absolute Gasteiger partial charge is 0.491 e. The highest BCUT2D eigenvalue weighted by Crippen LogP contribution is 2.28. The fourth-order valence-corrected chi connectivity index (χ4v) is 1.59. The first-order valence-electron chi connectivity index (χ1n) is 4.59. The van der Waals surface area contributed by atoms with Crippen LogP contribution in [0.25, 0.3) is 10.9 Å². The molecule has 0 saturated carbocycles. The second-order valence-corrected chi connectivity index (χ2v) is 3.43. The Labute approximate surface area is 91.6 Å². The van der Waals surface area contributed by atoms with Gasteiger partial charge in [-0.1, -0.05) is 11.6 Å². The standard InChI is InChI=1S/C11H9ClFNO/c1-2-15-11-5-7-8(12)3-4-14-10(7)6-9(11)13/h3-6H,2H2,1H3. The Morgan fingerprint density at radius 1 is 1.47 bits per heavy atom. The minimum Gasteiger partial charge on any atom is -0.491 e. The summed E-state index contributed by atoms with van der Waals surface area (Å²) in [4.78, 5) is 4.02. The number of fused-ring (bicyclic) bond motifs is 1. The van der Waals surface area contributed by atoms with Crippen LogP contribution in [-0.2, 0) is 0 Å². The Morgan fingerprint density at radius 2 is 2.27 bits per heavy atom. The predicted molar refractivity (Wildman–Crippen MR) is 57.9 cm³/mol. The topological polar surface area (TPSA) is 22.1 Å². The maximum atomic E-state index is 13.4. The van der Waals surface area contributed by atoms with Crippen LogP contribution in [0, 0.1) is 5.82 Å². The second kappa shape index (κ2) is 4.03. The van der Waals surface area contributed by atoms with Crippen LogP contribution in [0.5, 0.6) is 5.75 Å². The summed E-state index contributed by atoms with van der Waals surface area (Å²) in [6.45, 7) is 2.22. The van der Waals surface area contributed by atoms with Gasteiger partial charge in [0.05, 0.1) is 17.1 Å². The number of nitrogens with zero attached hydrogens (tertiary/aromatic N) is 1. The molecule has 0 bridgehead atoms. The average molecular weight is 226 g/mol. The van der Waals surface area contributed by atoms with Crippen LogP contribution < -0.4 is 4.74 Å². The molecule has 2 rings (SSSR count). The zero-order valence-electron chi connectivity index (χ0n) is 8.13. The van der Waals surface area contributed by atoms with Gasteiger partial charge in [-0.3, -0.25) is 4.98 Å². The summed E-state index contributed by atoms with van der Waals surface area (Å²) in [5, 5.41) is 1.24. The summed E-state index contributed by atoms with van der Waals surface area (Å²) in [7, 11) is 0. The molecule has 1 aromatic heterocycles. The van der Waals surface area contributed by atoms with Gasteiger partial charge in [0.15, 0.2) is 11.6 Å². The molecule has 78 valence electrons.